The number of rotatable bonds is 5. The molecule has 0 heterocycles. The Morgan fingerprint density at radius 2 is 1.83 bits per heavy atom. The van der Waals surface area contributed by atoms with Crippen molar-refractivity contribution < 1.29 is 0 Å². The molecule has 0 bridgehead atoms. The predicted molar refractivity (Wildman–Crippen MR) is 56.7 cm³/mol. The van der Waals surface area contributed by atoms with E-state index in [9.17, 15) is 0 Å². The van der Waals surface area contributed by atoms with E-state index in [1.54, 1.807) is 0 Å². The van der Waals surface area contributed by atoms with Crippen LogP contribution in [0.1, 0.15) is 26.2 Å². The first-order valence-electron chi connectivity index (χ1n) is 4.61. The molecular formula is C11H16S. The second-order valence-electron chi connectivity index (χ2n) is 2.87. The van der Waals surface area contributed by atoms with Crippen LogP contribution in [-0.2, 0) is 0 Å². The first kappa shape index (κ1) is 9.66. The van der Waals surface area contributed by atoms with Gasteiger partial charge < -0.3 is 0 Å². The van der Waals surface area contributed by atoms with Gasteiger partial charge in [-0.15, -0.1) is 11.8 Å². The van der Waals surface area contributed by atoms with Gasteiger partial charge in [-0.3, -0.25) is 0 Å². The van der Waals surface area contributed by atoms with E-state index in [4.69, 9.17) is 0 Å². The Morgan fingerprint density at radius 3 is 2.50 bits per heavy atom. The molecule has 0 nitrogen and oxygen atoms in total. The second-order valence-corrected chi connectivity index (χ2v) is 4.04. The van der Waals surface area contributed by atoms with Gasteiger partial charge in [0, 0.05) is 4.90 Å². The predicted octanol–water partition coefficient (Wildman–Crippen LogP) is 3.97. The highest BCUT2D eigenvalue weighted by Crippen LogP contribution is 2.18. The lowest BCUT2D eigenvalue weighted by Crippen LogP contribution is -1.78. The summed E-state index contributed by atoms with van der Waals surface area (Å²) in [5.41, 5.74) is 0. The van der Waals surface area contributed by atoms with Gasteiger partial charge >= 0.3 is 0 Å². The summed E-state index contributed by atoms with van der Waals surface area (Å²) in [4.78, 5) is 1.40. The minimum absolute atomic E-state index is 1.26. The number of benzene rings is 1. The van der Waals surface area contributed by atoms with Crippen LogP contribution in [0.15, 0.2) is 35.2 Å². The summed E-state index contributed by atoms with van der Waals surface area (Å²) in [6.07, 6.45) is 4.02. The third-order valence-corrected chi connectivity index (χ3v) is 2.86. The van der Waals surface area contributed by atoms with Gasteiger partial charge in [0.05, 0.1) is 0 Å². The Kier molecular flexibility index (Phi) is 4.93. The average Bonchev–Trinajstić information content (AvgIpc) is 2.14. The Balaban J connectivity index is 2.16. The monoisotopic (exact) mass is 180 g/mol. The highest BCUT2D eigenvalue weighted by Gasteiger charge is 1.90. The van der Waals surface area contributed by atoms with E-state index in [-0.39, 0.29) is 0 Å². The van der Waals surface area contributed by atoms with E-state index in [0.29, 0.717) is 0 Å². The average molecular weight is 180 g/mol. The van der Waals surface area contributed by atoms with Crippen molar-refractivity contribution in [3.63, 3.8) is 0 Å². The summed E-state index contributed by atoms with van der Waals surface area (Å²) in [6, 6.07) is 10.6. The molecule has 0 aromatic heterocycles. The standard InChI is InChI=1S/C11H16S/c1-2-3-7-10-12-11-8-5-4-6-9-11/h4-6,8-9H,2-3,7,10H2,1H3. The number of unbranched alkanes of at least 4 members (excludes halogenated alkanes) is 2. The summed E-state index contributed by atoms with van der Waals surface area (Å²) in [5, 5.41) is 0. The fourth-order valence-corrected chi connectivity index (χ4v) is 1.99. The largest absolute Gasteiger partial charge is 0.126 e. The first-order chi connectivity index (χ1) is 5.93. The van der Waals surface area contributed by atoms with Gasteiger partial charge in [0.1, 0.15) is 0 Å². The maximum atomic E-state index is 2.24. The van der Waals surface area contributed by atoms with Crippen LogP contribution >= 0.6 is 11.8 Å². The lowest BCUT2D eigenvalue weighted by molar-refractivity contribution is 0.778. The SMILES string of the molecule is CCCCCSc1ccccc1. The molecule has 0 saturated heterocycles. The van der Waals surface area contributed by atoms with E-state index in [1.807, 2.05) is 11.8 Å². The Hall–Kier alpha value is -0.430. The highest BCUT2D eigenvalue weighted by atomic mass is 32.2. The topological polar surface area (TPSA) is 0 Å². The van der Waals surface area contributed by atoms with Crippen molar-refractivity contribution >= 4 is 11.8 Å². The molecule has 1 aromatic rings. The van der Waals surface area contributed by atoms with E-state index in [2.05, 4.69) is 37.3 Å². The molecule has 12 heavy (non-hydrogen) atoms. The van der Waals surface area contributed by atoms with Crippen molar-refractivity contribution in [1.29, 1.82) is 0 Å². The molecule has 66 valence electrons. The smallest absolute Gasteiger partial charge is 0.00719 e. The van der Waals surface area contributed by atoms with Crippen molar-refractivity contribution in [3.05, 3.63) is 30.3 Å². The normalized spacial score (nSPS) is 10.1. The quantitative estimate of drug-likeness (QED) is 0.488. The van der Waals surface area contributed by atoms with E-state index in [1.165, 1.54) is 29.9 Å². The molecule has 1 aromatic carbocycles. The van der Waals surface area contributed by atoms with Crippen molar-refractivity contribution in [2.24, 2.45) is 0 Å². The van der Waals surface area contributed by atoms with E-state index in [0.717, 1.165) is 0 Å². The van der Waals surface area contributed by atoms with Gasteiger partial charge in [-0.2, -0.15) is 0 Å². The highest BCUT2D eigenvalue weighted by molar-refractivity contribution is 7.99. The summed E-state index contributed by atoms with van der Waals surface area (Å²) in [6.45, 7) is 2.24. The molecule has 0 N–H and O–H groups in total. The van der Waals surface area contributed by atoms with Gasteiger partial charge in [0.25, 0.3) is 0 Å². The zero-order chi connectivity index (χ0) is 8.65. The van der Waals surface area contributed by atoms with Crippen LogP contribution in [0.2, 0.25) is 0 Å². The summed E-state index contributed by atoms with van der Waals surface area (Å²) < 4.78 is 0. The molecule has 0 radical (unpaired) electrons. The van der Waals surface area contributed by atoms with Crippen molar-refractivity contribution in [2.45, 2.75) is 31.1 Å². The number of hydrogen-bond acceptors (Lipinski definition) is 1. The summed E-state index contributed by atoms with van der Waals surface area (Å²) in [5.74, 6) is 1.26. The number of hydrogen-bond donors (Lipinski definition) is 0. The lowest BCUT2D eigenvalue weighted by atomic mass is 10.3. The fourth-order valence-electron chi connectivity index (χ4n) is 1.06. The van der Waals surface area contributed by atoms with Gasteiger partial charge in [-0.05, 0) is 24.3 Å². The molecule has 0 saturated carbocycles. The van der Waals surface area contributed by atoms with Crippen LogP contribution in [0.3, 0.4) is 0 Å². The van der Waals surface area contributed by atoms with Crippen LogP contribution in [0.4, 0.5) is 0 Å². The zero-order valence-corrected chi connectivity index (χ0v) is 8.44. The molecule has 0 amide bonds. The van der Waals surface area contributed by atoms with E-state index < -0.39 is 0 Å². The van der Waals surface area contributed by atoms with Crippen molar-refractivity contribution in [1.82, 2.24) is 0 Å². The minimum atomic E-state index is 1.26. The Bertz CT molecular complexity index is 193. The van der Waals surface area contributed by atoms with Gasteiger partial charge in [-0.1, -0.05) is 38.0 Å². The van der Waals surface area contributed by atoms with E-state index >= 15 is 0 Å². The van der Waals surface area contributed by atoms with Crippen LogP contribution in [0.5, 0.6) is 0 Å². The molecular weight excluding hydrogens is 164 g/mol. The maximum absolute atomic E-state index is 2.24. The molecule has 0 aliphatic heterocycles. The molecule has 0 fully saturated rings. The third-order valence-electron chi connectivity index (χ3n) is 1.76. The molecule has 0 unspecified atom stereocenters. The van der Waals surface area contributed by atoms with Gasteiger partial charge in [0.15, 0.2) is 0 Å². The van der Waals surface area contributed by atoms with Gasteiger partial charge in [0.2, 0.25) is 0 Å². The third kappa shape index (κ3) is 3.82. The molecule has 0 aliphatic rings. The Labute approximate surface area is 79.4 Å². The first-order valence-corrected chi connectivity index (χ1v) is 5.60. The van der Waals surface area contributed by atoms with Crippen LogP contribution < -0.4 is 0 Å². The minimum Gasteiger partial charge on any atom is -0.126 e. The fraction of sp³-hybridized carbons (Fsp3) is 0.455. The molecule has 0 atom stereocenters. The molecule has 1 heteroatoms. The Morgan fingerprint density at radius 1 is 1.08 bits per heavy atom. The van der Waals surface area contributed by atoms with Crippen LogP contribution in [0.25, 0.3) is 0 Å². The van der Waals surface area contributed by atoms with Crippen LogP contribution in [0, 0.1) is 0 Å². The number of thioether (sulfide) groups is 1. The summed E-state index contributed by atoms with van der Waals surface area (Å²) in [7, 11) is 0. The van der Waals surface area contributed by atoms with Gasteiger partial charge in [-0.25, -0.2) is 0 Å². The van der Waals surface area contributed by atoms with Crippen molar-refractivity contribution in [3.8, 4) is 0 Å². The second kappa shape index (κ2) is 6.13. The molecule has 0 aliphatic carbocycles. The lowest BCUT2D eigenvalue weighted by Gasteiger charge is -1.99. The summed E-state index contributed by atoms with van der Waals surface area (Å²) >= 11 is 1.96. The molecule has 1 rings (SSSR count). The maximum Gasteiger partial charge on any atom is 0.00719 e. The molecule has 0 spiro atoms. The van der Waals surface area contributed by atoms with Crippen LogP contribution in [-0.4, -0.2) is 5.75 Å². The van der Waals surface area contributed by atoms with Crippen molar-refractivity contribution in [2.75, 3.05) is 5.75 Å². The zero-order valence-electron chi connectivity index (χ0n) is 7.62.